The standard InChI is InChI=1S/C16H20FN3O2S/c1-2-10-20-16(7-9-18-20)23(21,22)19-11-8-14(12-19)13-3-5-15(17)6-4-13/h3-7,9,14H,2,8,10-12H2,1H3. The summed E-state index contributed by atoms with van der Waals surface area (Å²) in [6.45, 7) is 3.46. The lowest BCUT2D eigenvalue weighted by molar-refractivity contribution is 0.454. The zero-order valence-corrected chi connectivity index (χ0v) is 13.8. The molecule has 0 N–H and O–H groups in total. The van der Waals surface area contributed by atoms with Crippen molar-refractivity contribution >= 4 is 10.0 Å². The van der Waals surface area contributed by atoms with Crippen molar-refractivity contribution in [3.8, 4) is 0 Å². The van der Waals surface area contributed by atoms with E-state index in [0.717, 1.165) is 18.4 Å². The van der Waals surface area contributed by atoms with Crippen molar-refractivity contribution in [1.29, 1.82) is 0 Å². The van der Waals surface area contributed by atoms with Crippen LogP contribution in [-0.2, 0) is 16.6 Å². The second-order valence-corrected chi connectivity index (χ2v) is 7.68. The molecule has 1 saturated heterocycles. The molecule has 3 rings (SSSR count). The summed E-state index contributed by atoms with van der Waals surface area (Å²) in [6, 6.07) is 7.86. The van der Waals surface area contributed by atoms with Crippen molar-refractivity contribution in [3.63, 3.8) is 0 Å². The van der Waals surface area contributed by atoms with E-state index in [9.17, 15) is 12.8 Å². The van der Waals surface area contributed by atoms with Gasteiger partial charge in [0, 0.05) is 19.6 Å². The topological polar surface area (TPSA) is 55.2 Å². The van der Waals surface area contributed by atoms with Crippen LogP contribution in [0.15, 0.2) is 41.6 Å². The third-order valence-corrected chi connectivity index (χ3v) is 6.10. The highest BCUT2D eigenvalue weighted by molar-refractivity contribution is 7.89. The summed E-state index contributed by atoms with van der Waals surface area (Å²) in [5, 5.41) is 4.35. The molecule has 0 spiro atoms. The molecule has 1 aromatic heterocycles. The Hall–Kier alpha value is -1.73. The van der Waals surface area contributed by atoms with Crippen LogP contribution in [0.5, 0.6) is 0 Å². The Morgan fingerprint density at radius 3 is 2.70 bits per heavy atom. The maximum atomic E-state index is 13.0. The number of hydrogen-bond donors (Lipinski definition) is 0. The highest BCUT2D eigenvalue weighted by Gasteiger charge is 2.34. The molecule has 0 aliphatic carbocycles. The van der Waals surface area contributed by atoms with E-state index in [1.807, 2.05) is 6.92 Å². The molecule has 1 aliphatic heterocycles. The van der Waals surface area contributed by atoms with Gasteiger partial charge in [0.05, 0.1) is 6.20 Å². The molecule has 2 heterocycles. The number of rotatable bonds is 5. The summed E-state index contributed by atoms with van der Waals surface area (Å²) in [6.07, 6.45) is 3.09. The number of benzene rings is 1. The molecule has 1 aromatic carbocycles. The summed E-state index contributed by atoms with van der Waals surface area (Å²) in [7, 11) is -3.54. The quantitative estimate of drug-likeness (QED) is 0.843. The van der Waals surface area contributed by atoms with Gasteiger partial charge in [0.25, 0.3) is 10.0 Å². The lowest BCUT2D eigenvalue weighted by Gasteiger charge is -2.17. The van der Waals surface area contributed by atoms with Crippen LogP contribution in [0, 0.1) is 5.82 Å². The summed E-state index contributed by atoms with van der Waals surface area (Å²) in [5.41, 5.74) is 0.978. The molecule has 7 heteroatoms. The Bertz CT molecular complexity index is 771. The van der Waals surface area contributed by atoms with Gasteiger partial charge >= 0.3 is 0 Å². The van der Waals surface area contributed by atoms with Gasteiger partial charge in [-0.05, 0) is 42.5 Å². The molecular weight excluding hydrogens is 317 g/mol. The molecule has 124 valence electrons. The zero-order chi connectivity index (χ0) is 16.4. The van der Waals surface area contributed by atoms with Crippen molar-refractivity contribution in [2.24, 2.45) is 0 Å². The van der Waals surface area contributed by atoms with E-state index < -0.39 is 10.0 Å². The van der Waals surface area contributed by atoms with E-state index in [1.165, 1.54) is 22.6 Å². The van der Waals surface area contributed by atoms with Crippen molar-refractivity contribution < 1.29 is 12.8 Å². The van der Waals surface area contributed by atoms with Crippen LogP contribution in [0.3, 0.4) is 0 Å². The van der Waals surface area contributed by atoms with Gasteiger partial charge in [-0.2, -0.15) is 9.40 Å². The van der Waals surface area contributed by atoms with Gasteiger partial charge in [-0.15, -0.1) is 0 Å². The molecular formula is C16H20FN3O2S. The van der Waals surface area contributed by atoms with E-state index in [1.54, 1.807) is 22.9 Å². The molecule has 1 fully saturated rings. The van der Waals surface area contributed by atoms with E-state index in [4.69, 9.17) is 0 Å². The first-order chi connectivity index (χ1) is 11.0. The predicted octanol–water partition coefficient (Wildman–Crippen LogP) is 2.61. The molecule has 5 nitrogen and oxygen atoms in total. The number of sulfonamides is 1. The van der Waals surface area contributed by atoms with Crippen LogP contribution >= 0.6 is 0 Å². The zero-order valence-electron chi connectivity index (χ0n) is 13.0. The van der Waals surface area contributed by atoms with Gasteiger partial charge in [-0.3, -0.25) is 4.68 Å². The number of aryl methyl sites for hydroxylation is 1. The summed E-state index contributed by atoms with van der Waals surface area (Å²) >= 11 is 0. The first-order valence-corrected chi connectivity index (χ1v) is 9.24. The van der Waals surface area contributed by atoms with Crippen molar-refractivity contribution in [2.75, 3.05) is 13.1 Å². The van der Waals surface area contributed by atoms with Gasteiger partial charge in [0.15, 0.2) is 5.03 Å². The van der Waals surface area contributed by atoms with E-state index >= 15 is 0 Å². The van der Waals surface area contributed by atoms with Gasteiger partial charge in [-0.1, -0.05) is 19.1 Å². The molecule has 0 bridgehead atoms. The first kappa shape index (κ1) is 16.1. The molecule has 0 saturated carbocycles. The maximum absolute atomic E-state index is 13.0. The Morgan fingerprint density at radius 2 is 2.00 bits per heavy atom. The fourth-order valence-corrected chi connectivity index (χ4v) is 4.63. The highest BCUT2D eigenvalue weighted by Crippen LogP contribution is 2.31. The maximum Gasteiger partial charge on any atom is 0.260 e. The van der Waals surface area contributed by atoms with Crippen LogP contribution in [0.25, 0.3) is 0 Å². The summed E-state index contributed by atoms with van der Waals surface area (Å²) in [4.78, 5) is 0. The summed E-state index contributed by atoms with van der Waals surface area (Å²) < 4.78 is 41.7. The average molecular weight is 337 g/mol. The van der Waals surface area contributed by atoms with Crippen LogP contribution in [0.4, 0.5) is 4.39 Å². The summed E-state index contributed by atoms with van der Waals surface area (Å²) in [5.74, 6) is -0.174. The highest BCUT2D eigenvalue weighted by atomic mass is 32.2. The molecule has 0 amide bonds. The first-order valence-electron chi connectivity index (χ1n) is 7.80. The Labute approximate surface area is 135 Å². The Kier molecular flexibility index (Phi) is 4.50. The number of nitrogens with zero attached hydrogens (tertiary/aromatic N) is 3. The number of hydrogen-bond acceptors (Lipinski definition) is 3. The van der Waals surface area contributed by atoms with Crippen molar-refractivity contribution in [1.82, 2.24) is 14.1 Å². The monoisotopic (exact) mass is 337 g/mol. The van der Waals surface area contributed by atoms with Crippen molar-refractivity contribution in [3.05, 3.63) is 47.9 Å². The number of aromatic nitrogens is 2. The minimum absolute atomic E-state index is 0.105. The molecule has 1 unspecified atom stereocenters. The Morgan fingerprint density at radius 1 is 1.26 bits per heavy atom. The molecule has 1 atom stereocenters. The third kappa shape index (κ3) is 3.16. The van der Waals surface area contributed by atoms with E-state index in [2.05, 4.69) is 5.10 Å². The third-order valence-electron chi connectivity index (χ3n) is 4.21. The minimum Gasteiger partial charge on any atom is -0.253 e. The minimum atomic E-state index is -3.54. The van der Waals surface area contributed by atoms with Gasteiger partial charge in [0.2, 0.25) is 0 Å². The van der Waals surface area contributed by atoms with E-state index in [0.29, 0.717) is 19.6 Å². The van der Waals surface area contributed by atoms with Crippen molar-refractivity contribution in [2.45, 2.75) is 37.3 Å². The molecule has 1 aliphatic rings. The second-order valence-electron chi connectivity index (χ2n) is 5.79. The lowest BCUT2D eigenvalue weighted by atomic mass is 9.99. The van der Waals surface area contributed by atoms with Crippen LogP contribution in [0.1, 0.15) is 31.2 Å². The van der Waals surface area contributed by atoms with Crippen LogP contribution in [-0.4, -0.2) is 35.6 Å². The normalized spacial score (nSPS) is 19.3. The predicted molar refractivity (Wildman–Crippen MR) is 85.0 cm³/mol. The van der Waals surface area contributed by atoms with Crippen LogP contribution in [0.2, 0.25) is 0 Å². The Balaban J connectivity index is 1.80. The second kappa shape index (κ2) is 6.41. The average Bonchev–Trinajstić information content (AvgIpc) is 3.18. The largest absolute Gasteiger partial charge is 0.260 e. The molecule has 23 heavy (non-hydrogen) atoms. The molecule has 2 aromatic rings. The lowest BCUT2D eigenvalue weighted by Crippen LogP contribution is -2.30. The fourth-order valence-electron chi connectivity index (χ4n) is 3.01. The van der Waals surface area contributed by atoms with Gasteiger partial charge < -0.3 is 0 Å². The van der Waals surface area contributed by atoms with E-state index in [-0.39, 0.29) is 16.8 Å². The smallest absolute Gasteiger partial charge is 0.253 e. The van der Waals surface area contributed by atoms with Crippen LogP contribution < -0.4 is 0 Å². The SMILES string of the molecule is CCCn1nccc1S(=O)(=O)N1CCC(c2ccc(F)cc2)C1. The number of halogens is 1. The molecule has 0 radical (unpaired) electrons. The van der Waals surface area contributed by atoms with Gasteiger partial charge in [0.1, 0.15) is 5.82 Å². The fraction of sp³-hybridized carbons (Fsp3) is 0.438. The van der Waals surface area contributed by atoms with Gasteiger partial charge in [-0.25, -0.2) is 12.8 Å².